The van der Waals surface area contributed by atoms with E-state index in [1.165, 1.54) is 0 Å². The third kappa shape index (κ3) is 3.57. The molecule has 1 rings (SSSR count). The molecule has 0 fully saturated rings. The average molecular weight is 183 g/mol. The van der Waals surface area contributed by atoms with Crippen LogP contribution in [0.5, 0.6) is 0 Å². The summed E-state index contributed by atoms with van der Waals surface area (Å²) in [5.41, 5.74) is 0.996. The zero-order valence-corrected chi connectivity index (χ0v) is 8.50. The Balaban J connectivity index is 2.31. The second-order valence-corrected chi connectivity index (χ2v) is 3.27. The van der Waals surface area contributed by atoms with E-state index in [0.717, 1.165) is 31.1 Å². The summed E-state index contributed by atoms with van der Waals surface area (Å²) >= 11 is 0. The summed E-state index contributed by atoms with van der Waals surface area (Å²) in [6.07, 6.45) is 0. The molecule has 1 aromatic rings. The number of likely N-dealkylation sites (N-methyl/N-ethyl adjacent to an activating group) is 2. The van der Waals surface area contributed by atoms with Crippen LogP contribution in [0.15, 0.2) is 10.6 Å². The Labute approximate surface area is 78.9 Å². The highest BCUT2D eigenvalue weighted by Gasteiger charge is 2.03. The summed E-state index contributed by atoms with van der Waals surface area (Å²) in [6, 6.07) is 1.97. The lowest BCUT2D eigenvalue weighted by Crippen LogP contribution is -2.27. The van der Waals surface area contributed by atoms with Crippen molar-refractivity contribution in [3.8, 4) is 0 Å². The van der Waals surface area contributed by atoms with Crippen molar-refractivity contribution in [1.82, 2.24) is 15.4 Å². The number of aromatic nitrogens is 1. The summed E-state index contributed by atoms with van der Waals surface area (Å²) in [6.45, 7) is 4.76. The first-order chi connectivity index (χ1) is 6.22. The molecular formula is C9H17N3O. The van der Waals surface area contributed by atoms with Crippen LogP contribution < -0.4 is 5.32 Å². The number of nitrogens with zero attached hydrogens (tertiary/aromatic N) is 2. The van der Waals surface area contributed by atoms with Crippen molar-refractivity contribution in [2.45, 2.75) is 13.5 Å². The van der Waals surface area contributed by atoms with Crippen molar-refractivity contribution in [1.29, 1.82) is 0 Å². The van der Waals surface area contributed by atoms with Crippen LogP contribution >= 0.6 is 0 Å². The zero-order valence-electron chi connectivity index (χ0n) is 8.50. The van der Waals surface area contributed by atoms with Gasteiger partial charge in [0.1, 0.15) is 5.76 Å². The van der Waals surface area contributed by atoms with Crippen molar-refractivity contribution in [2.24, 2.45) is 0 Å². The molecule has 0 aliphatic carbocycles. The predicted molar refractivity (Wildman–Crippen MR) is 51.5 cm³/mol. The molecule has 4 heteroatoms. The predicted octanol–water partition coefficient (Wildman–Crippen LogP) is 0.634. The molecule has 0 saturated carbocycles. The highest BCUT2D eigenvalue weighted by Crippen LogP contribution is 2.03. The van der Waals surface area contributed by atoms with Crippen LogP contribution in [0.4, 0.5) is 0 Å². The van der Waals surface area contributed by atoms with Gasteiger partial charge in [0, 0.05) is 25.7 Å². The Morgan fingerprint density at radius 3 is 2.92 bits per heavy atom. The number of hydrogen-bond donors (Lipinski definition) is 1. The molecule has 13 heavy (non-hydrogen) atoms. The van der Waals surface area contributed by atoms with Gasteiger partial charge in [-0.2, -0.15) is 0 Å². The molecule has 1 heterocycles. The highest BCUT2D eigenvalue weighted by atomic mass is 16.5. The Hall–Kier alpha value is -0.870. The Kier molecular flexibility index (Phi) is 3.92. The molecule has 1 aromatic heterocycles. The molecule has 74 valence electrons. The van der Waals surface area contributed by atoms with E-state index in [4.69, 9.17) is 4.52 Å². The van der Waals surface area contributed by atoms with Crippen LogP contribution in [-0.4, -0.2) is 37.2 Å². The molecule has 4 nitrogen and oxygen atoms in total. The largest absolute Gasteiger partial charge is 0.361 e. The molecule has 0 atom stereocenters. The van der Waals surface area contributed by atoms with Gasteiger partial charge in [-0.15, -0.1) is 0 Å². The van der Waals surface area contributed by atoms with Gasteiger partial charge < -0.3 is 9.84 Å². The Morgan fingerprint density at radius 2 is 2.38 bits per heavy atom. The van der Waals surface area contributed by atoms with E-state index in [1.807, 2.05) is 20.0 Å². The Morgan fingerprint density at radius 1 is 1.62 bits per heavy atom. The quantitative estimate of drug-likeness (QED) is 0.727. The second kappa shape index (κ2) is 4.99. The molecule has 1 N–H and O–H groups in total. The van der Waals surface area contributed by atoms with Gasteiger partial charge in [-0.3, -0.25) is 4.90 Å². The summed E-state index contributed by atoms with van der Waals surface area (Å²) < 4.78 is 4.98. The minimum Gasteiger partial charge on any atom is -0.361 e. The van der Waals surface area contributed by atoms with Gasteiger partial charge in [-0.25, -0.2) is 0 Å². The molecule has 0 spiro atoms. The van der Waals surface area contributed by atoms with Gasteiger partial charge >= 0.3 is 0 Å². The lowest BCUT2D eigenvalue weighted by Gasteiger charge is -2.13. The number of rotatable bonds is 5. The molecule has 0 aliphatic rings. The van der Waals surface area contributed by atoms with Crippen LogP contribution in [0, 0.1) is 6.92 Å². The van der Waals surface area contributed by atoms with Gasteiger partial charge in [0.2, 0.25) is 0 Å². The molecule has 0 amide bonds. The van der Waals surface area contributed by atoms with E-state index in [1.54, 1.807) is 0 Å². The van der Waals surface area contributed by atoms with E-state index >= 15 is 0 Å². The minimum atomic E-state index is 0.846. The topological polar surface area (TPSA) is 41.3 Å². The van der Waals surface area contributed by atoms with Gasteiger partial charge in [0.05, 0.1) is 5.69 Å². The van der Waals surface area contributed by atoms with Crippen molar-refractivity contribution < 1.29 is 4.52 Å². The van der Waals surface area contributed by atoms with Crippen molar-refractivity contribution in [2.75, 3.05) is 27.2 Å². The number of aryl methyl sites for hydroxylation is 1. The summed E-state index contributed by atoms with van der Waals surface area (Å²) in [5, 5.41) is 7.03. The van der Waals surface area contributed by atoms with E-state index in [2.05, 4.69) is 22.4 Å². The third-order valence-electron chi connectivity index (χ3n) is 1.85. The summed E-state index contributed by atoms with van der Waals surface area (Å²) in [5.74, 6) is 0.872. The number of hydrogen-bond acceptors (Lipinski definition) is 4. The van der Waals surface area contributed by atoms with Crippen molar-refractivity contribution in [3.05, 3.63) is 17.5 Å². The molecule has 0 unspecified atom stereocenters. The molecule has 0 aliphatic heterocycles. The first kappa shape index (κ1) is 10.2. The first-order valence-electron chi connectivity index (χ1n) is 4.47. The third-order valence-corrected chi connectivity index (χ3v) is 1.85. The van der Waals surface area contributed by atoms with Crippen molar-refractivity contribution in [3.63, 3.8) is 0 Å². The van der Waals surface area contributed by atoms with Gasteiger partial charge in [-0.1, -0.05) is 5.16 Å². The fourth-order valence-corrected chi connectivity index (χ4v) is 1.15. The highest BCUT2D eigenvalue weighted by molar-refractivity contribution is 5.02. The maximum absolute atomic E-state index is 4.98. The summed E-state index contributed by atoms with van der Waals surface area (Å²) in [4.78, 5) is 2.20. The van der Waals surface area contributed by atoms with Crippen LogP contribution in [0.3, 0.4) is 0 Å². The van der Waals surface area contributed by atoms with Gasteiger partial charge in [0.25, 0.3) is 0 Å². The molecule has 0 saturated heterocycles. The van der Waals surface area contributed by atoms with Crippen LogP contribution in [0.25, 0.3) is 0 Å². The monoisotopic (exact) mass is 183 g/mol. The molecular weight excluding hydrogens is 166 g/mol. The molecule has 0 bridgehead atoms. The van der Waals surface area contributed by atoms with Crippen molar-refractivity contribution >= 4 is 0 Å². The number of nitrogens with one attached hydrogen (secondary N) is 1. The Bertz CT molecular complexity index is 247. The lowest BCUT2D eigenvalue weighted by molar-refractivity contribution is 0.310. The SMILES string of the molecule is CNCCN(C)Cc1cc(C)on1. The van der Waals surface area contributed by atoms with E-state index in [0.29, 0.717) is 0 Å². The first-order valence-corrected chi connectivity index (χ1v) is 4.47. The van der Waals surface area contributed by atoms with Gasteiger partial charge in [-0.05, 0) is 21.0 Å². The van der Waals surface area contributed by atoms with Crippen LogP contribution in [-0.2, 0) is 6.54 Å². The lowest BCUT2D eigenvalue weighted by atomic mass is 10.3. The smallest absolute Gasteiger partial charge is 0.133 e. The maximum atomic E-state index is 4.98. The minimum absolute atomic E-state index is 0.846. The average Bonchev–Trinajstić information content (AvgIpc) is 2.48. The standard InChI is InChI=1S/C9H17N3O/c1-8-6-9(11-13-8)7-12(3)5-4-10-2/h6,10H,4-5,7H2,1-3H3. The van der Waals surface area contributed by atoms with Gasteiger partial charge in [0.15, 0.2) is 0 Å². The van der Waals surface area contributed by atoms with E-state index in [9.17, 15) is 0 Å². The second-order valence-electron chi connectivity index (χ2n) is 3.27. The fraction of sp³-hybridized carbons (Fsp3) is 0.667. The molecule has 0 radical (unpaired) electrons. The summed E-state index contributed by atoms with van der Waals surface area (Å²) in [7, 11) is 4.02. The normalized spacial score (nSPS) is 11.1. The van der Waals surface area contributed by atoms with E-state index in [-0.39, 0.29) is 0 Å². The van der Waals surface area contributed by atoms with Crippen LogP contribution in [0.2, 0.25) is 0 Å². The maximum Gasteiger partial charge on any atom is 0.133 e. The van der Waals surface area contributed by atoms with Crippen LogP contribution in [0.1, 0.15) is 11.5 Å². The molecule has 0 aromatic carbocycles. The van der Waals surface area contributed by atoms with E-state index < -0.39 is 0 Å². The zero-order chi connectivity index (χ0) is 9.68. The fourth-order valence-electron chi connectivity index (χ4n) is 1.15.